The van der Waals surface area contributed by atoms with E-state index in [1.165, 1.54) is 17.0 Å². The number of carbonyl (C=O) groups excluding carboxylic acids is 2. The maximum Gasteiger partial charge on any atom is 0.335 e. The summed E-state index contributed by atoms with van der Waals surface area (Å²) in [6.45, 7) is 0.206. The molecule has 1 aromatic heterocycles. The van der Waals surface area contributed by atoms with Gasteiger partial charge in [-0.15, -0.1) is 0 Å². The van der Waals surface area contributed by atoms with Crippen LogP contribution < -0.4 is 10.2 Å². The molecular formula is C13H12N4O4. The number of urea groups is 1. The van der Waals surface area contributed by atoms with E-state index in [9.17, 15) is 19.5 Å². The van der Waals surface area contributed by atoms with E-state index in [4.69, 9.17) is 0 Å². The number of aryl methyl sites for hydroxylation is 1. The first-order chi connectivity index (χ1) is 9.95. The molecule has 8 heteroatoms. The lowest BCUT2D eigenvalue weighted by molar-refractivity contribution is -0.120. The Hall–Kier alpha value is -2.90. The Morgan fingerprint density at radius 2 is 2.14 bits per heavy atom. The Morgan fingerprint density at radius 3 is 2.81 bits per heavy atom. The van der Waals surface area contributed by atoms with Crippen LogP contribution in [-0.4, -0.2) is 39.3 Å². The molecule has 3 amide bonds. The highest BCUT2D eigenvalue weighted by Crippen LogP contribution is 2.29. The molecule has 1 aromatic carbocycles. The van der Waals surface area contributed by atoms with Crippen molar-refractivity contribution in [1.29, 1.82) is 0 Å². The zero-order chi connectivity index (χ0) is 15.1. The molecule has 2 aromatic rings. The van der Waals surface area contributed by atoms with Crippen LogP contribution in [0.5, 0.6) is 0 Å². The second-order valence-electron chi connectivity index (χ2n) is 4.79. The third kappa shape index (κ3) is 2.20. The predicted octanol–water partition coefficient (Wildman–Crippen LogP) is 0.718. The number of nitrogens with one attached hydrogen (secondary N) is 1. The number of aromatic nitrogens is 2. The van der Waals surface area contributed by atoms with Crippen LogP contribution >= 0.6 is 0 Å². The van der Waals surface area contributed by atoms with Gasteiger partial charge in [-0.25, -0.2) is 9.59 Å². The number of nitrogens with zero attached hydrogens (tertiary/aromatic N) is 3. The van der Waals surface area contributed by atoms with Crippen molar-refractivity contribution in [3.63, 3.8) is 0 Å². The van der Waals surface area contributed by atoms with E-state index < -0.39 is 12.0 Å². The molecule has 1 saturated heterocycles. The summed E-state index contributed by atoms with van der Waals surface area (Å²) in [7, 11) is 1.71. The maximum atomic E-state index is 12.0. The summed E-state index contributed by atoms with van der Waals surface area (Å²) < 4.78 is 1.55. The van der Waals surface area contributed by atoms with Crippen molar-refractivity contribution in [3.05, 3.63) is 23.9 Å². The van der Waals surface area contributed by atoms with Gasteiger partial charge in [0, 0.05) is 31.6 Å². The van der Waals surface area contributed by atoms with E-state index in [1.54, 1.807) is 17.9 Å². The summed E-state index contributed by atoms with van der Waals surface area (Å²) in [4.78, 5) is 35.8. The minimum atomic E-state index is -1.10. The first-order valence-electron chi connectivity index (χ1n) is 6.28. The van der Waals surface area contributed by atoms with E-state index in [-0.39, 0.29) is 24.4 Å². The molecule has 1 aliphatic heterocycles. The second-order valence-corrected chi connectivity index (χ2v) is 4.79. The molecule has 0 bridgehead atoms. The van der Waals surface area contributed by atoms with Crippen LogP contribution in [0.3, 0.4) is 0 Å². The molecule has 21 heavy (non-hydrogen) atoms. The topological polar surface area (TPSA) is 105 Å². The fraction of sp³-hybridized carbons (Fsp3) is 0.231. The molecule has 0 aliphatic carbocycles. The summed E-state index contributed by atoms with van der Waals surface area (Å²) in [5.41, 5.74) is 0.959. The van der Waals surface area contributed by atoms with Crippen LogP contribution in [0.15, 0.2) is 18.3 Å². The van der Waals surface area contributed by atoms with Crippen LogP contribution in [0.1, 0.15) is 16.8 Å². The van der Waals surface area contributed by atoms with Gasteiger partial charge in [-0.3, -0.25) is 19.7 Å². The van der Waals surface area contributed by atoms with Gasteiger partial charge in [0.15, 0.2) is 0 Å². The van der Waals surface area contributed by atoms with E-state index in [0.717, 1.165) is 0 Å². The van der Waals surface area contributed by atoms with Crippen LogP contribution in [-0.2, 0) is 11.8 Å². The van der Waals surface area contributed by atoms with Gasteiger partial charge in [0.2, 0.25) is 5.91 Å². The second kappa shape index (κ2) is 4.58. The zero-order valence-corrected chi connectivity index (χ0v) is 11.2. The smallest absolute Gasteiger partial charge is 0.335 e. The number of carboxylic acid groups (broad SMARTS) is 1. The fourth-order valence-electron chi connectivity index (χ4n) is 2.36. The minimum Gasteiger partial charge on any atom is -0.478 e. The Bertz CT molecular complexity index is 780. The molecule has 0 saturated carbocycles. The maximum absolute atomic E-state index is 12.0. The van der Waals surface area contributed by atoms with Crippen LogP contribution in [0.2, 0.25) is 0 Å². The largest absolute Gasteiger partial charge is 0.478 e. The molecule has 2 N–H and O–H groups in total. The lowest BCUT2D eigenvalue weighted by atomic mass is 10.1. The van der Waals surface area contributed by atoms with Crippen LogP contribution in [0, 0.1) is 0 Å². The van der Waals surface area contributed by atoms with Gasteiger partial charge in [0.1, 0.15) is 0 Å². The number of hydrogen-bond donors (Lipinski definition) is 2. The van der Waals surface area contributed by atoms with Crippen molar-refractivity contribution < 1.29 is 19.5 Å². The van der Waals surface area contributed by atoms with Crippen molar-refractivity contribution in [2.45, 2.75) is 6.42 Å². The number of carbonyl (C=O) groups is 3. The first-order valence-corrected chi connectivity index (χ1v) is 6.28. The number of rotatable bonds is 2. The zero-order valence-electron chi connectivity index (χ0n) is 11.2. The summed E-state index contributed by atoms with van der Waals surface area (Å²) in [6, 6.07) is 2.31. The predicted molar refractivity (Wildman–Crippen MR) is 73.2 cm³/mol. The standard InChI is InChI=1S/C13H12N4O4/c1-16-6-8-9(15-16)4-7(12(19)20)5-10(8)17-3-2-11(18)14-13(17)21/h4-6H,2-3H2,1H3,(H,19,20)(H,14,18,21). The minimum absolute atomic E-state index is 0.0425. The third-order valence-electron chi connectivity index (χ3n) is 3.31. The van der Waals surface area contributed by atoms with Crippen molar-refractivity contribution in [2.75, 3.05) is 11.4 Å². The Labute approximate surface area is 118 Å². The highest BCUT2D eigenvalue weighted by atomic mass is 16.4. The summed E-state index contributed by atoms with van der Waals surface area (Å²) in [6.07, 6.45) is 1.88. The molecule has 8 nitrogen and oxygen atoms in total. The van der Waals surface area contributed by atoms with Crippen LogP contribution in [0.25, 0.3) is 10.9 Å². The lowest BCUT2D eigenvalue weighted by Crippen LogP contribution is -2.49. The number of carboxylic acids is 1. The number of benzene rings is 1. The molecule has 0 atom stereocenters. The number of imide groups is 1. The van der Waals surface area contributed by atoms with Gasteiger partial charge in [0.25, 0.3) is 0 Å². The molecule has 0 unspecified atom stereocenters. The third-order valence-corrected chi connectivity index (χ3v) is 3.31. The molecule has 108 valence electrons. The van der Waals surface area contributed by atoms with Crippen LogP contribution in [0.4, 0.5) is 10.5 Å². The molecular weight excluding hydrogens is 276 g/mol. The Morgan fingerprint density at radius 1 is 1.38 bits per heavy atom. The van der Waals surface area contributed by atoms with Gasteiger partial charge in [0.05, 0.1) is 16.8 Å². The van der Waals surface area contributed by atoms with Gasteiger partial charge in [-0.1, -0.05) is 0 Å². The fourth-order valence-corrected chi connectivity index (χ4v) is 2.36. The number of hydrogen-bond acceptors (Lipinski definition) is 4. The lowest BCUT2D eigenvalue weighted by Gasteiger charge is -2.27. The monoisotopic (exact) mass is 288 g/mol. The Kier molecular flexibility index (Phi) is 2.86. The van der Waals surface area contributed by atoms with Crippen molar-refractivity contribution >= 4 is 34.5 Å². The number of aromatic carboxylic acids is 1. The van der Waals surface area contributed by atoms with Crippen molar-refractivity contribution in [1.82, 2.24) is 15.1 Å². The number of fused-ring (bicyclic) bond motifs is 1. The van der Waals surface area contributed by atoms with Gasteiger partial charge >= 0.3 is 12.0 Å². The van der Waals surface area contributed by atoms with Gasteiger partial charge in [-0.2, -0.15) is 5.10 Å². The van der Waals surface area contributed by atoms with Gasteiger partial charge < -0.3 is 5.11 Å². The first kappa shape index (κ1) is 13.1. The van der Waals surface area contributed by atoms with Crippen molar-refractivity contribution in [3.8, 4) is 0 Å². The summed E-state index contributed by atoms with van der Waals surface area (Å²) >= 11 is 0. The van der Waals surface area contributed by atoms with E-state index >= 15 is 0 Å². The molecule has 0 radical (unpaired) electrons. The highest BCUT2D eigenvalue weighted by Gasteiger charge is 2.27. The molecule has 0 spiro atoms. The van der Waals surface area contributed by atoms with E-state index in [2.05, 4.69) is 10.4 Å². The quantitative estimate of drug-likeness (QED) is 0.847. The van der Waals surface area contributed by atoms with E-state index in [0.29, 0.717) is 16.6 Å². The van der Waals surface area contributed by atoms with E-state index in [1.807, 2.05) is 0 Å². The normalized spacial score (nSPS) is 15.4. The highest BCUT2D eigenvalue weighted by molar-refractivity contribution is 6.10. The summed E-state index contributed by atoms with van der Waals surface area (Å²) in [5.74, 6) is -1.44. The number of anilines is 1. The molecule has 1 aliphatic rings. The molecule has 2 heterocycles. The molecule has 3 rings (SSSR count). The summed E-state index contributed by atoms with van der Waals surface area (Å²) in [5, 5.41) is 16.2. The average Bonchev–Trinajstić information content (AvgIpc) is 2.78. The molecule has 1 fully saturated rings. The SMILES string of the molecule is Cn1cc2c(N3CCC(=O)NC3=O)cc(C(=O)O)cc2n1. The average molecular weight is 288 g/mol. The Balaban J connectivity index is 2.17. The van der Waals surface area contributed by atoms with Crippen molar-refractivity contribution in [2.24, 2.45) is 7.05 Å². The number of amides is 3. The van der Waals surface area contributed by atoms with Gasteiger partial charge in [-0.05, 0) is 12.1 Å².